The quantitative estimate of drug-likeness (QED) is 0.610. The molecule has 0 aliphatic heterocycles. The monoisotopic (exact) mass is 178 g/mol. The van der Waals surface area contributed by atoms with Crippen molar-refractivity contribution in [2.75, 3.05) is 0 Å². The first-order chi connectivity index (χ1) is 6.79. The van der Waals surface area contributed by atoms with Crippen LogP contribution in [0.2, 0.25) is 0 Å². The van der Waals surface area contributed by atoms with E-state index in [1.165, 1.54) is 4.24 Å². The summed E-state index contributed by atoms with van der Waals surface area (Å²) in [6.45, 7) is 0. The van der Waals surface area contributed by atoms with Gasteiger partial charge < -0.3 is 5.11 Å². The Balaban J connectivity index is 0.000000140. The molecule has 0 spiro atoms. The zero-order valence-electron chi connectivity index (χ0n) is 8.22. The van der Waals surface area contributed by atoms with Crippen LogP contribution in [-0.4, -0.2) is 22.8 Å². The van der Waals surface area contributed by atoms with E-state index in [1.54, 1.807) is 24.3 Å². The summed E-state index contributed by atoms with van der Waals surface area (Å²) in [5.41, 5.74) is 0. The summed E-state index contributed by atoms with van der Waals surface area (Å²) in [7, 11) is 0. The summed E-state index contributed by atoms with van der Waals surface area (Å²) in [5, 5.41) is 8.63. The standard InChI is InChI=1S/C6H6O.C6H5.Li/c7-6-4-2-1-3-5-6;1-2-4-6-5-3-1;/h1-5,7H;1-5H;. The van der Waals surface area contributed by atoms with E-state index in [0.717, 1.165) is 0 Å². The van der Waals surface area contributed by atoms with Crippen molar-refractivity contribution >= 4 is 22.0 Å². The minimum absolute atomic E-state index is 0.322. The topological polar surface area (TPSA) is 20.2 Å². The number of hydrogen-bond acceptors (Lipinski definition) is 1. The van der Waals surface area contributed by atoms with Gasteiger partial charge in [0.1, 0.15) is 5.75 Å². The maximum atomic E-state index is 8.63. The second-order valence-electron chi connectivity index (χ2n) is 2.99. The molecule has 2 rings (SSSR count). The molecule has 0 saturated carbocycles. The first kappa shape index (κ1) is 10.9. The van der Waals surface area contributed by atoms with Crippen LogP contribution in [0, 0.1) is 0 Å². The van der Waals surface area contributed by atoms with E-state index in [2.05, 4.69) is 29.8 Å². The van der Waals surface area contributed by atoms with Gasteiger partial charge in [-0.2, -0.15) is 0 Å². The van der Waals surface area contributed by atoms with Crippen molar-refractivity contribution in [3.8, 4) is 5.75 Å². The third kappa shape index (κ3) is 4.76. The zero-order chi connectivity index (χ0) is 10.2. The zero-order valence-corrected chi connectivity index (χ0v) is 8.22. The molecule has 0 saturated heterocycles. The Morgan fingerprint density at radius 2 is 1.14 bits per heavy atom. The third-order valence-electron chi connectivity index (χ3n) is 1.70. The van der Waals surface area contributed by atoms with Gasteiger partial charge in [-0.25, -0.2) is 0 Å². The Labute approximate surface area is 93.6 Å². The fourth-order valence-corrected chi connectivity index (χ4v) is 0.962. The van der Waals surface area contributed by atoms with Gasteiger partial charge in [-0.3, -0.25) is 0 Å². The van der Waals surface area contributed by atoms with Crippen molar-refractivity contribution in [2.45, 2.75) is 0 Å². The van der Waals surface area contributed by atoms with E-state index in [9.17, 15) is 0 Å². The summed E-state index contributed by atoms with van der Waals surface area (Å²) in [6, 6.07) is 19.0. The Bertz CT molecular complexity index is 308. The molecule has 0 fully saturated rings. The van der Waals surface area contributed by atoms with Gasteiger partial charge in [0.25, 0.3) is 0 Å². The molecule has 2 heteroatoms. The average Bonchev–Trinajstić information content (AvgIpc) is 2.21. The molecular formula is C12H11LiO. The minimum atomic E-state index is 0.322. The van der Waals surface area contributed by atoms with E-state index >= 15 is 0 Å². The van der Waals surface area contributed by atoms with E-state index in [4.69, 9.17) is 5.11 Å². The van der Waals surface area contributed by atoms with Crippen molar-refractivity contribution in [1.82, 2.24) is 0 Å². The molecule has 0 unspecified atom stereocenters. The molecule has 2 aromatic carbocycles. The number of rotatable bonds is 0. The Hall–Kier alpha value is -1.16. The van der Waals surface area contributed by atoms with Gasteiger partial charge in [-0.05, 0) is 12.1 Å². The van der Waals surface area contributed by atoms with Crippen molar-refractivity contribution in [3.63, 3.8) is 0 Å². The van der Waals surface area contributed by atoms with Crippen molar-refractivity contribution in [3.05, 3.63) is 60.7 Å². The summed E-state index contributed by atoms with van der Waals surface area (Å²) >= 11 is 2.08. The van der Waals surface area contributed by atoms with E-state index in [-0.39, 0.29) is 0 Å². The van der Waals surface area contributed by atoms with E-state index in [0.29, 0.717) is 5.75 Å². The Kier molecular flexibility index (Phi) is 4.92. The van der Waals surface area contributed by atoms with Crippen LogP contribution in [0.15, 0.2) is 60.7 Å². The van der Waals surface area contributed by atoms with Crippen molar-refractivity contribution < 1.29 is 5.11 Å². The Morgan fingerprint density at radius 3 is 1.36 bits per heavy atom. The molecule has 0 aromatic heterocycles. The predicted molar refractivity (Wildman–Crippen MR) is 59.9 cm³/mol. The summed E-state index contributed by atoms with van der Waals surface area (Å²) in [6.07, 6.45) is 0. The van der Waals surface area contributed by atoms with E-state index in [1.807, 2.05) is 24.3 Å². The van der Waals surface area contributed by atoms with Crippen LogP contribution in [0.25, 0.3) is 0 Å². The van der Waals surface area contributed by atoms with Crippen LogP contribution in [0.1, 0.15) is 0 Å². The summed E-state index contributed by atoms with van der Waals surface area (Å²) < 4.78 is 1.32. The van der Waals surface area contributed by atoms with Gasteiger partial charge in [0, 0.05) is 0 Å². The molecule has 0 amide bonds. The normalized spacial score (nSPS) is 8.71. The van der Waals surface area contributed by atoms with Gasteiger partial charge in [-0.15, -0.1) is 0 Å². The number of phenols is 1. The number of aromatic hydroxyl groups is 1. The van der Waals surface area contributed by atoms with Crippen molar-refractivity contribution in [2.24, 2.45) is 0 Å². The van der Waals surface area contributed by atoms with Crippen LogP contribution in [-0.2, 0) is 0 Å². The van der Waals surface area contributed by atoms with Crippen LogP contribution < -0.4 is 4.24 Å². The number of benzene rings is 2. The van der Waals surface area contributed by atoms with Gasteiger partial charge in [0.2, 0.25) is 0 Å². The number of hydrogen-bond donors (Lipinski definition) is 1. The Morgan fingerprint density at radius 1 is 0.714 bits per heavy atom. The van der Waals surface area contributed by atoms with Crippen molar-refractivity contribution in [1.29, 1.82) is 0 Å². The van der Waals surface area contributed by atoms with Gasteiger partial charge in [0.05, 0.1) is 0 Å². The molecule has 0 heterocycles. The van der Waals surface area contributed by atoms with Crippen LogP contribution in [0.4, 0.5) is 0 Å². The van der Waals surface area contributed by atoms with Crippen LogP contribution in [0.3, 0.4) is 0 Å². The van der Waals surface area contributed by atoms with Crippen LogP contribution >= 0.6 is 0 Å². The fraction of sp³-hybridized carbons (Fsp3) is 0. The molecule has 0 radical (unpaired) electrons. The molecule has 2 aromatic rings. The summed E-state index contributed by atoms with van der Waals surface area (Å²) in [4.78, 5) is 0. The first-order valence-corrected chi connectivity index (χ1v) is 4.54. The average molecular weight is 178 g/mol. The SMILES string of the molecule is Oc1ccccc1.[Li][c]1ccccc1. The summed E-state index contributed by atoms with van der Waals surface area (Å²) in [5.74, 6) is 0.322. The third-order valence-corrected chi connectivity index (χ3v) is 1.70. The van der Waals surface area contributed by atoms with Gasteiger partial charge in [-0.1, -0.05) is 18.2 Å². The molecular weight excluding hydrogens is 167 g/mol. The van der Waals surface area contributed by atoms with Gasteiger partial charge >= 0.3 is 52.3 Å². The predicted octanol–water partition coefficient (Wildman–Crippen LogP) is 1.87. The maximum absolute atomic E-state index is 8.63. The van der Waals surface area contributed by atoms with Crippen LogP contribution in [0.5, 0.6) is 5.75 Å². The fourth-order valence-electron chi connectivity index (χ4n) is 0.962. The molecule has 0 atom stereocenters. The molecule has 0 aliphatic carbocycles. The molecule has 0 aliphatic rings. The molecule has 66 valence electrons. The first-order valence-electron chi connectivity index (χ1n) is 4.54. The van der Waals surface area contributed by atoms with E-state index < -0.39 is 0 Å². The second-order valence-corrected chi connectivity index (χ2v) is 2.99. The molecule has 1 nitrogen and oxygen atoms in total. The molecule has 1 N–H and O–H groups in total. The number of para-hydroxylation sites is 1. The molecule has 0 bridgehead atoms. The van der Waals surface area contributed by atoms with Gasteiger partial charge in [0.15, 0.2) is 0 Å². The number of phenolic OH excluding ortho intramolecular Hbond substituents is 1. The second kappa shape index (κ2) is 6.32. The molecule has 14 heavy (non-hydrogen) atoms.